The number of anilines is 2. The minimum absolute atomic E-state index is 0.0968. The number of benzene rings is 2. The number of fused-ring (bicyclic) bond motifs is 1. The molecule has 2 aromatic carbocycles. The van der Waals surface area contributed by atoms with E-state index in [0.717, 1.165) is 36.5 Å². The smallest absolute Gasteiger partial charge is 0.259 e. The van der Waals surface area contributed by atoms with Gasteiger partial charge in [0.1, 0.15) is 0 Å². The minimum Gasteiger partial charge on any atom is -0.379 e. The Morgan fingerprint density at radius 1 is 1.14 bits per heavy atom. The third-order valence-corrected chi connectivity index (χ3v) is 5.47. The first kappa shape index (κ1) is 18.3. The molecule has 0 fully saturated rings. The maximum Gasteiger partial charge on any atom is 0.259 e. The number of carbonyl (C=O) groups is 1. The predicted octanol–water partition coefficient (Wildman–Crippen LogP) is 4.64. The Kier molecular flexibility index (Phi) is 5.15. The van der Waals surface area contributed by atoms with Crippen LogP contribution >= 0.6 is 0 Å². The molecule has 5 heteroatoms. The Labute approximate surface area is 165 Å². The predicted molar refractivity (Wildman–Crippen MR) is 113 cm³/mol. The SMILES string of the molecule is Cc1ccccc1CNc1ccccc1NC(=O)c1cnn2c1CC(C)CC2. The van der Waals surface area contributed by atoms with E-state index >= 15 is 0 Å². The van der Waals surface area contributed by atoms with Gasteiger partial charge in [-0.15, -0.1) is 0 Å². The molecule has 0 saturated carbocycles. The average molecular weight is 374 g/mol. The van der Waals surface area contributed by atoms with E-state index in [4.69, 9.17) is 0 Å². The fourth-order valence-corrected chi connectivity index (χ4v) is 3.72. The van der Waals surface area contributed by atoms with E-state index in [1.165, 1.54) is 11.1 Å². The monoisotopic (exact) mass is 374 g/mol. The number of amides is 1. The summed E-state index contributed by atoms with van der Waals surface area (Å²) in [5.74, 6) is 0.485. The van der Waals surface area contributed by atoms with Crippen molar-refractivity contribution in [1.82, 2.24) is 9.78 Å². The Balaban J connectivity index is 1.51. The summed E-state index contributed by atoms with van der Waals surface area (Å²) >= 11 is 0. The summed E-state index contributed by atoms with van der Waals surface area (Å²) < 4.78 is 1.97. The zero-order chi connectivity index (χ0) is 19.5. The zero-order valence-corrected chi connectivity index (χ0v) is 16.4. The molecule has 2 heterocycles. The number of carbonyl (C=O) groups excluding carboxylic acids is 1. The molecule has 1 aliphatic heterocycles. The van der Waals surface area contributed by atoms with Crippen molar-refractivity contribution >= 4 is 17.3 Å². The summed E-state index contributed by atoms with van der Waals surface area (Å²) in [7, 11) is 0. The molecule has 1 amide bonds. The van der Waals surface area contributed by atoms with Crippen LogP contribution in [0.5, 0.6) is 0 Å². The van der Waals surface area contributed by atoms with E-state index in [1.807, 2.05) is 41.1 Å². The highest BCUT2D eigenvalue weighted by Crippen LogP contribution is 2.26. The van der Waals surface area contributed by atoms with Gasteiger partial charge in [0.25, 0.3) is 5.91 Å². The fourth-order valence-electron chi connectivity index (χ4n) is 3.72. The van der Waals surface area contributed by atoms with Crippen LogP contribution in [0.2, 0.25) is 0 Å². The van der Waals surface area contributed by atoms with Crippen molar-refractivity contribution in [1.29, 1.82) is 0 Å². The molecule has 1 unspecified atom stereocenters. The van der Waals surface area contributed by atoms with E-state index in [-0.39, 0.29) is 5.91 Å². The van der Waals surface area contributed by atoms with Gasteiger partial charge in [-0.05, 0) is 48.9 Å². The second-order valence-corrected chi connectivity index (χ2v) is 7.61. The maximum absolute atomic E-state index is 12.9. The van der Waals surface area contributed by atoms with Crippen molar-refractivity contribution < 1.29 is 4.79 Å². The van der Waals surface area contributed by atoms with Crippen LogP contribution in [0.3, 0.4) is 0 Å². The van der Waals surface area contributed by atoms with E-state index in [1.54, 1.807) is 6.20 Å². The number of hydrogen-bond donors (Lipinski definition) is 2. The molecule has 4 rings (SSSR count). The largest absolute Gasteiger partial charge is 0.379 e. The van der Waals surface area contributed by atoms with Crippen molar-refractivity contribution in [3.63, 3.8) is 0 Å². The molecule has 2 N–H and O–H groups in total. The highest BCUT2D eigenvalue weighted by Gasteiger charge is 2.23. The Hall–Kier alpha value is -3.08. The second-order valence-electron chi connectivity index (χ2n) is 7.61. The van der Waals surface area contributed by atoms with Crippen molar-refractivity contribution in [2.75, 3.05) is 10.6 Å². The van der Waals surface area contributed by atoms with Gasteiger partial charge >= 0.3 is 0 Å². The molecule has 144 valence electrons. The lowest BCUT2D eigenvalue weighted by atomic mass is 9.96. The van der Waals surface area contributed by atoms with Crippen LogP contribution in [0.1, 0.15) is 40.5 Å². The van der Waals surface area contributed by atoms with Crippen molar-refractivity contribution in [2.45, 2.75) is 39.8 Å². The molecule has 0 saturated heterocycles. The van der Waals surface area contributed by atoms with Gasteiger partial charge in [-0.2, -0.15) is 5.10 Å². The lowest BCUT2D eigenvalue weighted by Gasteiger charge is -2.20. The van der Waals surface area contributed by atoms with Crippen LogP contribution in [-0.2, 0) is 19.5 Å². The number of aryl methyl sites for hydroxylation is 2. The molecule has 0 radical (unpaired) electrons. The molecular formula is C23H26N4O. The molecule has 0 bridgehead atoms. The topological polar surface area (TPSA) is 58.9 Å². The van der Waals surface area contributed by atoms with Crippen molar-refractivity contribution in [3.05, 3.63) is 77.1 Å². The van der Waals surface area contributed by atoms with Gasteiger partial charge in [-0.3, -0.25) is 9.48 Å². The second kappa shape index (κ2) is 7.89. The van der Waals surface area contributed by atoms with Gasteiger partial charge in [0.2, 0.25) is 0 Å². The van der Waals surface area contributed by atoms with Gasteiger partial charge in [0, 0.05) is 13.1 Å². The van der Waals surface area contributed by atoms with E-state index in [0.29, 0.717) is 18.0 Å². The minimum atomic E-state index is -0.0968. The molecule has 1 aliphatic rings. The first-order valence-electron chi connectivity index (χ1n) is 9.85. The van der Waals surface area contributed by atoms with Crippen LogP contribution in [0.15, 0.2) is 54.7 Å². The summed E-state index contributed by atoms with van der Waals surface area (Å²) in [5, 5.41) is 10.9. The standard InChI is InChI=1S/C23H26N4O/c1-16-11-12-27-22(13-16)19(15-25-27)23(28)26-21-10-6-5-9-20(21)24-14-18-8-4-3-7-17(18)2/h3-10,15-16,24H,11-14H2,1-2H3,(H,26,28). The lowest BCUT2D eigenvalue weighted by molar-refractivity contribution is 0.102. The summed E-state index contributed by atoms with van der Waals surface area (Å²) in [6, 6.07) is 16.1. The van der Waals surface area contributed by atoms with Crippen molar-refractivity contribution in [2.24, 2.45) is 5.92 Å². The molecule has 3 aromatic rings. The molecule has 28 heavy (non-hydrogen) atoms. The summed E-state index contributed by atoms with van der Waals surface area (Å²) in [6.45, 7) is 5.93. The molecule has 1 atom stereocenters. The van der Waals surface area contributed by atoms with E-state index in [2.05, 4.69) is 41.7 Å². The molecule has 0 spiro atoms. The molecule has 1 aromatic heterocycles. The normalized spacial score (nSPS) is 15.7. The van der Waals surface area contributed by atoms with Crippen LogP contribution in [0.25, 0.3) is 0 Å². The first-order valence-corrected chi connectivity index (χ1v) is 9.85. The maximum atomic E-state index is 12.9. The average Bonchev–Trinajstić information content (AvgIpc) is 3.11. The van der Waals surface area contributed by atoms with E-state index < -0.39 is 0 Å². The van der Waals surface area contributed by atoms with Gasteiger partial charge in [0.05, 0.1) is 28.8 Å². The number of hydrogen-bond acceptors (Lipinski definition) is 3. The van der Waals surface area contributed by atoms with Crippen LogP contribution in [0, 0.1) is 12.8 Å². The van der Waals surface area contributed by atoms with Crippen molar-refractivity contribution in [3.8, 4) is 0 Å². The van der Waals surface area contributed by atoms with Gasteiger partial charge < -0.3 is 10.6 Å². The number of aromatic nitrogens is 2. The van der Waals surface area contributed by atoms with Crippen LogP contribution in [0.4, 0.5) is 11.4 Å². The summed E-state index contributed by atoms with van der Waals surface area (Å²) in [6.07, 6.45) is 3.71. The fraction of sp³-hybridized carbons (Fsp3) is 0.304. The molecule has 0 aliphatic carbocycles. The molecule has 5 nitrogen and oxygen atoms in total. The third-order valence-electron chi connectivity index (χ3n) is 5.47. The van der Waals surface area contributed by atoms with Gasteiger partial charge in [0.15, 0.2) is 0 Å². The Morgan fingerprint density at radius 3 is 2.71 bits per heavy atom. The van der Waals surface area contributed by atoms with Gasteiger partial charge in [-0.25, -0.2) is 0 Å². The number of nitrogens with one attached hydrogen (secondary N) is 2. The Bertz CT molecular complexity index is 992. The Morgan fingerprint density at radius 2 is 1.89 bits per heavy atom. The zero-order valence-electron chi connectivity index (χ0n) is 16.4. The summed E-state index contributed by atoms with van der Waals surface area (Å²) in [5.41, 5.74) is 5.90. The number of para-hydroxylation sites is 2. The van der Waals surface area contributed by atoms with Gasteiger partial charge in [-0.1, -0.05) is 43.3 Å². The lowest BCUT2D eigenvalue weighted by Crippen LogP contribution is -2.21. The highest BCUT2D eigenvalue weighted by molar-refractivity contribution is 6.06. The third kappa shape index (κ3) is 3.79. The highest BCUT2D eigenvalue weighted by atomic mass is 16.1. The van der Waals surface area contributed by atoms with E-state index in [9.17, 15) is 4.79 Å². The van der Waals surface area contributed by atoms with Crippen LogP contribution in [-0.4, -0.2) is 15.7 Å². The number of rotatable bonds is 5. The van der Waals surface area contributed by atoms with Crippen LogP contribution < -0.4 is 10.6 Å². The first-order chi connectivity index (χ1) is 13.6. The number of nitrogens with zero attached hydrogens (tertiary/aromatic N) is 2. The molecular weight excluding hydrogens is 348 g/mol. The quantitative estimate of drug-likeness (QED) is 0.684. The summed E-state index contributed by atoms with van der Waals surface area (Å²) in [4.78, 5) is 12.9.